The maximum Gasteiger partial charge on any atom is 0.276 e. The molecule has 0 bridgehead atoms. The number of nitrogens with zero attached hydrogens (tertiary/aromatic N) is 3. The van der Waals surface area contributed by atoms with Gasteiger partial charge in [-0.1, -0.05) is 24.0 Å². The Labute approximate surface area is 180 Å². The lowest BCUT2D eigenvalue weighted by atomic mass is 10.0. The van der Waals surface area contributed by atoms with E-state index >= 15 is 0 Å². The Bertz CT molecular complexity index is 1100. The van der Waals surface area contributed by atoms with Gasteiger partial charge in [0.2, 0.25) is 0 Å². The van der Waals surface area contributed by atoms with Crippen LogP contribution in [0.1, 0.15) is 27.2 Å². The summed E-state index contributed by atoms with van der Waals surface area (Å²) in [5, 5.41) is 8.77. The van der Waals surface area contributed by atoms with Crippen molar-refractivity contribution in [2.24, 2.45) is 0 Å². The van der Waals surface area contributed by atoms with Crippen LogP contribution in [0.5, 0.6) is 0 Å². The van der Waals surface area contributed by atoms with Crippen LogP contribution >= 0.6 is 0 Å². The van der Waals surface area contributed by atoms with E-state index < -0.39 is 5.91 Å². The zero-order valence-electron chi connectivity index (χ0n) is 16.9. The molecule has 3 heterocycles. The summed E-state index contributed by atoms with van der Waals surface area (Å²) in [6.07, 6.45) is 4.87. The number of benzene rings is 1. The highest BCUT2D eigenvalue weighted by molar-refractivity contribution is 5.94. The van der Waals surface area contributed by atoms with Crippen molar-refractivity contribution >= 4 is 5.91 Å². The van der Waals surface area contributed by atoms with E-state index in [0.717, 1.165) is 60.8 Å². The predicted molar refractivity (Wildman–Crippen MR) is 115 cm³/mol. The molecule has 0 saturated carbocycles. The van der Waals surface area contributed by atoms with Crippen LogP contribution in [0.25, 0.3) is 11.1 Å². The Hall–Kier alpha value is -3.57. The van der Waals surface area contributed by atoms with Crippen LogP contribution < -0.4 is 5.48 Å². The Kier molecular flexibility index (Phi) is 6.65. The lowest BCUT2D eigenvalue weighted by Crippen LogP contribution is -2.35. The summed E-state index contributed by atoms with van der Waals surface area (Å²) < 4.78 is 5.37. The van der Waals surface area contributed by atoms with Gasteiger partial charge in [0.25, 0.3) is 5.91 Å². The molecule has 2 N–H and O–H groups in total. The third-order valence-electron chi connectivity index (χ3n) is 4.99. The van der Waals surface area contributed by atoms with Crippen LogP contribution in [-0.4, -0.2) is 52.3 Å². The minimum absolute atomic E-state index is 0.286. The van der Waals surface area contributed by atoms with E-state index in [9.17, 15) is 4.79 Å². The molecule has 7 nitrogen and oxygen atoms in total. The number of amides is 1. The van der Waals surface area contributed by atoms with Crippen molar-refractivity contribution < 1.29 is 14.7 Å². The SMILES string of the molecule is O=C(NO)c1cncc(-c2ccc(C#Cc3ccc(CN4CCOCC4)nc3)cc2)c1. The fraction of sp³-hybridized carbons (Fsp3) is 0.208. The molecule has 1 aliphatic heterocycles. The Morgan fingerprint density at radius 3 is 2.45 bits per heavy atom. The van der Waals surface area contributed by atoms with Crippen molar-refractivity contribution in [3.8, 4) is 23.0 Å². The quantitative estimate of drug-likeness (QED) is 0.388. The summed E-state index contributed by atoms with van der Waals surface area (Å²) in [5.41, 5.74) is 6.35. The third-order valence-corrected chi connectivity index (χ3v) is 4.99. The largest absolute Gasteiger partial charge is 0.379 e. The number of morpholine rings is 1. The molecule has 0 unspecified atom stereocenters. The summed E-state index contributed by atoms with van der Waals surface area (Å²) >= 11 is 0. The minimum atomic E-state index is -0.596. The topological polar surface area (TPSA) is 87.6 Å². The highest BCUT2D eigenvalue weighted by atomic mass is 16.5. The van der Waals surface area contributed by atoms with Crippen molar-refractivity contribution in [3.05, 3.63) is 83.4 Å². The lowest BCUT2D eigenvalue weighted by Gasteiger charge is -2.26. The standard InChI is InChI=1S/C24H22N4O3/c29-24(27-30)22-13-21(15-25-16-22)20-6-3-18(4-7-20)1-2-19-5-8-23(26-14-19)17-28-9-11-31-12-10-28/h3-8,13-16,30H,9-12,17H2,(H,27,29). The van der Waals surface area contributed by atoms with Crippen molar-refractivity contribution in [3.63, 3.8) is 0 Å². The first-order valence-corrected chi connectivity index (χ1v) is 9.98. The van der Waals surface area contributed by atoms with E-state index in [2.05, 4.69) is 26.7 Å². The van der Waals surface area contributed by atoms with Crippen molar-refractivity contribution in [1.29, 1.82) is 0 Å². The van der Waals surface area contributed by atoms with Gasteiger partial charge in [-0.3, -0.25) is 24.9 Å². The maximum atomic E-state index is 11.6. The second kappa shape index (κ2) is 9.96. The first-order chi connectivity index (χ1) is 15.2. The molecular formula is C24H22N4O3. The Morgan fingerprint density at radius 2 is 1.74 bits per heavy atom. The average Bonchev–Trinajstić information content (AvgIpc) is 2.84. The number of aromatic nitrogens is 2. The monoisotopic (exact) mass is 414 g/mol. The number of pyridine rings is 2. The summed E-state index contributed by atoms with van der Waals surface area (Å²) in [6, 6.07) is 13.4. The molecule has 1 fully saturated rings. The Balaban J connectivity index is 1.41. The predicted octanol–water partition coefficient (Wildman–Crippen LogP) is 2.49. The number of hydroxylamine groups is 1. The normalized spacial score (nSPS) is 13.8. The third kappa shape index (κ3) is 5.53. The second-order valence-electron chi connectivity index (χ2n) is 7.16. The molecular weight excluding hydrogens is 392 g/mol. The first kappa shape index (κ1) is 20.7. The molecule has 0 atom stereocenters. The number of ether oxygens (including phenoxy) is 1. The van der Waals surface area contributed by atoms with Crippen LogP contribution in [0.4, 0.5) is 0 Å². The van der Waals surface area contributed by atoms with Crippen molar-refractivity contribution in [2.45, 2.75) is 6.54 Å². The highest BCUT2D eigenvalue weighted by Gasteiger charge is 2.11. The maximum absolute atomic E-state index is 11.6. The van der Waals surface area contributed by atoms with Gasteiger partial charge in [0.05, 0.1) is 24.5 Å². The first-order valence-electron chi connectivity index (χ1n) is 9.98. The zero-order valence-corrected chi connectivity index (χ0v) is 16.9. The minimum Gasteiger partial charge on any atom is -0.379 e. The van der Waals surface area contributed by atoms with Crippen LogP contribution in [0.15, 0.2) is 61.1 Å². The molecule has 0 aliphatic carbocycles. The van der Waals surface area contributed by atoms with Gasteiger partial charge in [0.15, 0.2) is 0 Å². The fourth-order valence-corrected chi connectivity index (χ4v) is 3.26. The Morgan fingerprint density at radius 1 is 1.00 bits per heavy atom. The average molecular weight is 414 g/mol. The van der Waals surface area contributed by atoms with E-state index in [1.54, 1.807) is 23.9 Å². The molecule has 156 valence electrons. The van der Waals surface area contributed by atoms with Crippen molar-refractivity contribution in [2.75, 3.05) is 26.3 Å². The summed E-state index contributed by atoms with van der Waals surface area (Å²) in [4.78, 5) is 22.5. The van der Waals surface area contributed by atoms with Gasteiger partial charge in [-0.25, -0.2) is 5.48 Å². The van der Waals surface area contributed by atoms with E-state index in [1.165, 1.54) is 6.20 Å². The van der Waals surface area contributed by atoms with Crippen LogP contribution in [-0.2, 0) is 11.3 Å². The second-order valence-corrected chi connectivity index (χ2v) is 7.16. The van der Waals surface area contributed by atoms with E-state index in [1.807, 2.05) is 36.4 Å². The molecule has 1 amide bonds. The summed E-state index contributed by atoms with van der Waals surface area (Å²) in [7, 11) is 0. The molecule has 31 heavy (non-hydrogen) atoms. The van der Waals surface area contributed by atoms with E-state index in [4.69, 9.17) is 9.94 Å². The van der Waals surface area contributed by atoms with Gasteiger partial charge in [0.1, 0.15) is 0 Å². The van der Waals surface area contributed by atoms with E-state index in [-0.39, 0.29) is 5.56 Å². The van der Waals surface area contributed by atoms with Crippen LogP contribution in [0, 0.1) is 11.8 Å². The molecule has 4 rings (SSSR count). The van der Waals surface area contributed by atoms with Crippen molar-refractivity contribution in [1.82, 2.24) is 20.3 Å². The number of nitrogens with one attached hydrogen (secondary N) is 1. The summed E-state index contributed by atoms with van der Waals surface area (Å²) in [6.45, 7) is 4.27. The van der Waals surface area contributed by atoms with Gasteiger partial charge in [0, 0.05) is 54.9 Å². The van der Waals surface area contributed by atoms with Gasteiger partial charge in [-0.05, 0) is 35.9 Å². The summed E-state index contributed by atoms with van der Waals surface area (Å²) in [5.74, 6) is 5.70. The number of carbonyl (C=O) groups is 1. The highest BCUT2D eigenvalue weighted by Crippen LogP contribution is 2.20. The molecule has 7 heteroatoms. The number of carbonyl (C=O) groups excluding carboxylic acids is 1. The van der Waals surface area contributed by atoms with E-state index in [0.29, 0.717) is 0 Å². The molecule has 1 aliphatic rings. The molecule has 1 saturated heterocycles. The number of hydrogen-bond acceptors (Lipinski definition) is 6. The van der Waals surface area contributed by atoms with Crippen LogP contribution in [0.3, 0.4) is 0 Å². The smallest absolute Gasteiger partial charge is 0.276 e. The fourth-order valence-electron chi connectivity index (χ4n) is 3.26. The van der Waals surface area contributed by atoms with Gasteiger partial charge < -0.3 is 4.74 Å². The lowest BCUT2D eigenvalue weighted by molar-refractivity contribution is 0.0336. The van der Waals surface area contributed by atoms with Gasteiger partial charge >= 0.3 is 0 Å². The molecule has 1 aromatic carbocycles. The molecule has 0 radical (unpaired) electrons. The molecule has 3 aromatic rings. The zero-order chi connectivity index (χ0) is 21.5. The van der Waals surface area contributed by atoms with Crippen LogP contribution in [0.2, 0.25) is 0 Å². The van der Waals surface area contributed by atoms with Gasteiger partial charge in [-0.15, -0.1) is 0 Å². The number of hydrogen-bond donors (Lipinski definition) is 2. The molecule has 0 spiro atoms. The number of rotatable bonds is 4. The molecule has 2 aromatic heterocycles. The van der Waals surface area contributed by atoms with Gasteiger partial charge in [-0.2, -0.15) is 0 Å².